The van der Waals surface area contributed by atoms with E-state index in [1.807, 2.05) is 19.9 Å². The molecular weight excluding hydrogens is 333 g/mol. The first-order valence-corrected chi connectivity index (χ1v) is 8.17. The average Bonchev–Trinajstić information content (AvgIpc) is 2.72. The quantitative estimate of drug-likeness (QED) is 0.686. The van der Waals surface area contributed by atoms with E-state index in [4.69, 9.17) is 27.9 Å². The van der Waals surface area contributed by atoms with Gasteiger partial charge in [0.1, 0.15) is 5.75 Å². The SMILES string of the molecule is Cc1cc(C(=O)COc2ccc(Cl)cc2Cl)c(C)n1C(C)(C)C. The van der Waals surface area contributed by atoms with Crippen molar-refractivity contribution >= 4 is 29.0 Å². The molecule has 0 unspecified atom stereocenters. The van der Waals surface area contributed by atoms with Gasteiger partial charge in [0.05, 0.1) is 5.02 Å². The highest BCUT2D eigenvalue weighted by molar-refractivity contribution is 6.35. The van der Waals surface area contributed by atoms with Crippen LogP contribution in [0, 0.1) is 13.8 Å². The first-order chi connectivity index (χ1) is 10.6. The second-order valence-electron chi connectivity index (χ2n) is 6.58. The lowest BCUT2D eigenvalue weighted by Gasteiger charge is -2.25. The van der Waals surface area contributed by atoms with Gasteiger partial charge in [-0.05, 0) is 58.9 Å². The molecule has 0 fully saturated rings. The van der Waals surface area contributed by atoms with Crippen LogP contribution in [0.5, 0.6) is 5.75 Å². The molecule has 0 radical (unpaired) electrons. The second-order valence-corrected chi connectivity index (χ2v) is 7.42. The molecule has 1 aromatic carbocycles. The fraction of sp³-hybridized carbons (Fsp3) is 0.389. The highest BCUT2D eigenvalue weighted by Crippen LogP contribution is 2.28. The maximum atomic E-state index is 12.5. The van der Waals surface area contributed by atoms with E-state index in [1.165, 1.54) is 0 Å². The van der Waals surface area contributed by atoms with Crippen LogP contribution in [0.25, 0.3) is 0 Å². The van der Waals surface area contributed by atoms with Gasteiger partial charge in [-0.3, -0.25) is 4.79 Å². The van der Waals surface area contributed by atoms with Crippen LogP contribution in [0.3, 0.4) is 0 Å². The van der Waals surface area contributed by atoms with E-state index in [0.717, 1.165) is 11.4 Å². The van der Waals surface area contributed by atoms with Gasteiger partial charge in [-0.25, -0.2) is 0 Å². The fourth-order valence-corrected chi connectivity index (χ4v) is 3.35. The molecule has 1 aromatic heterocycles. The number of benzene rings is 1. The number of rotatable bonds is 4. The van der Waals surface area contributed by atoms with Gasteiger partial charge in [0.15, 0.2) is 6.61 Å². The zero-order chi connectivity index (χ0) is 17.4. The van der Waals surface area contributed by atoms with Crippen molar-refractivity contribution in [3.05, 3.63) is 51.3 Å². The maximum absolute atomic E-state index is 12.5. The Kier molecular flexibility index (Phi) is 5.12. The van der Waals surface area contributed by atoms with Gasteiger partial charge in [0.2, 0.25) is 5.78 Å². The summed E-state index contributed by atoms with van der Waals surface area (Å²) in [4.78, 5) is 12.5. The number of halogens is 2. The lowest BCUT2D eigenvalue weighted by Crippen LogP contribution is -2.24. The van der Waals surface area contributed by atoms with Gasteiger partial charge in [-0.1, -0.05) is 23.2 Å². The number of carbonyl (C=O) groups excluding carboxylic acids is 1. The zero-order valence-corrected chi connectivity index (χ0v) is 15.5. The Morgan fingerprint density at radius 3 is 2.35 bits per heavy atom. The number of aryl methyl sites for hydroxylation is 1. The Morgan fingerprint density at radius 1 is 1.17 bits per heavy atom. The number of aromatic nitrogens is 1. The molecule has 0 aliphatic rings. The molecule has 0 N–H and O–H groups in total. The van der Waals surface area contributed by atoms with Gasteiger partial charge in [-0.2, -0.15) is 0 Å². The molecule has 2 rings (SSSR count). The van der Waals surface area contributed by atoms with Gasteiger partial charge >= 0.3 is 0 Å². The van der Waals surface area contributed by atoms with Gasteiger partial charge < -0.3 is 9.30 Å². The minimum Gasteiger partial charge on any atom is -0.484 e. The van der Waals surface area contributed by atoms with Crippen LogP contribution in [0.1, 0.15) is 42.5 Å². The molecule has 0 bridgehead atoms. The van der Waals surface area contributed by atoms with Gasteiger partial charge in [0, 0.05) is 27.5 Å². The minimum atomic E-state index is -0.0763. The summed E-state index contributed by atoms with van der Waals surface area (Å²) < 4.78 is 7.71. The van der Waals surface area contributed by atoms with Crippen LogP contribution < -0.4 is 4.74 Å². The third-order valence-electron chi connectivity index (χ3n) is 3.66. The number of ketones is 1. The topological polar surface area (TPSA) is 31.2 Å². The Balaban J connectivity index is 2.19. The molecule has 1 heterocycles. The van der Waals surface area contributed by atoms with Crippen molar-refractivity contribution < 1.29 is 9.53 Å². The molecule has 23 heavy (non-hydrogen) atoms. The predicted octanol–water partition coefficient (Wildman–Crippen LogP) is 5.43. The number of Topliss-reactive ketones (excluding diaryl/α,β-unsaturated/α-hetero) is 1. The van der Waals surface area contributed by atoms with Crippen LogP contribution in [-0.4, -0.2) is 17.0 Å². The summed E-state index contributed by atoms with van der Waals surface area (Å²) in [5.41, 5.74) is 2.61. The van der Waals surface area contributed by atoms with Crippen molar-refractivity contribution in [2.75, 3.05) is 6.61 Å². The summed E-state index contributed by atoms with van der Waals surface area (Å²) in [5.74, 6) is 0.383. The molecule has 3 nitrogen and oxygen atoms in total. The number of hydrogen-bond acceptors (Lipinski definition) is 2. The summed E-state index contributed by atoms with van der Waals surface area (Å²) >= 11 is 11.9. The highest BCUT2D eigenvalue weighted by atomic mass is 35.5. The monoisotopic (exact) mass is 353 g/mol. The van der Waals surface area contributed by atoms with E-state index < -0.39 is 0 Å². The minimum absolute atomic E-state index is 0.0597. The van der Waals surface area contributed by atoms with E-state index in [9.17, 15) is 4.79 Å². The Labute approximate surface area is 147 Å². The van der Waals surface area contributed by atoms with Crippen molar-refractivity contribution in [2.45, 2.75) is 40.2 Å². The standard InChI is InChI=1S/C18H21Cl2NO2/c1-11-8-14(12(2)21(11)18(3,4)5)16(22)10-23-17-7-6-13(19)9-15(17)20/h6-9H,10H2,1-5H3. The van der Waals surface area contributed by atoms with Crippen molar-refractivity contribution in [3.8, 4) is 5.75 Å². The van der Waals surface area contributed by atoms with Crippen LogP contribution in [-0.2, 0) is 5.54 Å². The van der Waals surface area contributed by atoms with Crippen molar-refractivity contribution in [1.82, 2.24) is 4.57 Å². The summed E-state index contributed by atoms with van der Waals surface area (Å²) in [6, 6.07) is 6.85. The Bertz CT molecular complexity index is 742. The molecule has 124 valence electrons. The molecule has 0 saturated carbocycles. The summed E-state index contributed by atoms with van der Waals surface area (Å²) in [7, 11) is 0. The average molecular weight is 354 g/mol. The van der Waals surface area contributed by atoms with Crippen molar-refractivity contribution in [2.24, 2.45) is 0 Å². The second kappa shape index (κ2) is 6.58. The van der Waals surface area contributed by atoms with Crippen LogP contribution >= 0.6 is 23.2 Å². The van der Waals surface area contributed by atoms with Crippen LogP contribution in [0.4, 0.5) is 0 Å². The Hall–Kier alpha value is -1.45. The van der Waals surface area contributed by atoms with Crippen LogP contribution in [0.15, 0.2) is 24.3 Å². The third-order valence-corrected chi connectivity index (χ3v) is 4.19. The van der Waals surface area contributed by atoms with Crippen molar-refractivity contribution in [1.29, 1.82) is 0 Å². The summed E-state index contributed by atoms with van der Waals surface area (Å²) in [5, 5.41) is 0.924. The highest BCUT2D eigenvalue weighted by Gasteiger charge is 2.23. The molecule has 0 amide bonds. The summed E-state index contributed by atoms with van der Waals surface area (Å²) in [6.07, 6.45) is 0. The van der Waals surface area contributed by atoms with E-state index in [1.54, 1.807) is 18.2 Å². The first kappa shape index (κ1) is 17.9. The third kappa shape index (κ3) is 3.91. The smallest absolute Gasteiger partial charge is 0.202 e. The summed E-state index contributed by atoms with van der Waals surface area (Å²) in [6.45, 7) is 10.3. The van der Waals surface area contributed by atoms with E-state index >= 15 is 0 Å². The molecule has 0 spiro atoms. The number of hydrogen-bond donors (Lipinski definition) is 0. The van der Waals surface area contributed by atoms with Gasteiger partial charge in [0.25, 0.3) is 0 Å². The molecule has 2 aromatic rings. The maximum Gasteiger partial charge on any atom is 0.202 e. The molecular formula is C18H21Cl2NO2. The largest absolute Gasteiger partial charge is 0.484 e. The fourth-order valence-electron chi connectivity index (χ4n) is 2.89. The molecule has 0 aliphatic carbocycles. The molecule has 0 saturated heterocycles. The lowest BCUT2D eigenvalue weighted by molar-refractivity contribution is 0.0920. The lowest BCUT2D eigenvalue weighted by atomic mass is 10.1. The molecule has 0 aliphatic heterocycles. The normalized spacial score (nSPS) is 11.6. The molecule has 0 atom stereocenters. The van der Waals surface area contributed by atoms with Crippen molar-refractivity contribution in [3.63, 3.8) is 0 Å². The van der Waals surface area contributed by atoms with Crippen LogP contribution in [0.2, 0.25) is 10.0 Å². The first-order valence-electron chi connectivity index (χ1n) is 7.41. The van der Waals surface area contributed by atoms with E-state index in [2.05, 4.69) is 25.3 Å². The molecule has 5 heteroatoms. The predicted molar refractivity (Wildman–Crippen MR) is 95.2 cm³/mol. The number of carbonyl (C=O) groups is 1. The van der Waals surface area contributed by atoms with Gasteiger partial charge in [-0.15, -0.1) is 0 Å². The number of ether oxygens (including phenoxy) is 1. The number of nitrogens with zero attached hydrogens (tertiary/aromatic N) is 1. The Morgan fingerprint density at radius 2 is 1.83 bits per heavy atom. The van der Waals surface area contributed by atoms with E-state index in [0.29, 0.717) is 21.4 Å². The zero-order valence-electron chi connectivity index (χ0n) is 14.0. The van der Waals surface area contributed by atoms with E-state index in [-0.39, 0.29) is 17.9 Å².